The summed E-state index contributed by atoms with van der Waals surface area (Å²) in [5.74, 6) is 0. The average molecular weight is 1150 g/mol. The van der Waals surface area contributed by atoms with Crippen molar-refractivity contribution in [3.05, 3.63) is 260 Å². The quantitative estimate of drug-likeness (QED) is 0.108. The molecule has 90 heavy (non-hydrogen) atoms. The predicted molar refractivity (Wildman–Crippen MR) is 366 cm³/mol. The van der Waals surface area contributed by atoms with Crippen LogP contribution in [0, 0.1) is 0 Å². The van der Waals surface area contributed by atoms with E-state index in [1.54, 1.807) is 17.6 Å². The molecule has 15 aromatic carbocycles. The first-order valence-electron chi connectivity index (χ1n) is 30.0. The largest absolute Gasteiger partial charge is 0.268 e. The molecule has 12 nitrogen and oxygen atoms in total. The number of nitrogens with zero attached hydrogens (tertiary/aromatic N) is 8. The Labute approximate surface area is 501 Å². The zero-order valence-corrected chi connectivity index (χ0v) is 47.0. The molecule has 0 spiro atoms. The molecule has 0 aliphatic carbocycles. The maximum atomic E-state index is 14.5. The first-order valence-corrected chi connectivity index (χ1v) is 30.0. The van der Waals surface area contributed by atoms with Crippen molar-refractivity contribution in [1.82, 2.24) is 37.5 Å². The van der Waals surface area contributed by atoms with Gasteiger partial charge in [0.1, 0.15) is 22.6 Å². The first-order chi connectivity index (χ1) is 44.3. The van der Waals surface area contributed by atoms with Gasteiger partial charge in [-0.2, -0.15) is 0 Å². The second-order valence-electron chi connectivity index (χ2n) is 24.1. The Balaban J connectivity index is 0.000000122. The van der Waals surface area contributed by atoms with Gasteiger partial charge < -0.3 is 0 Å². The van der Waals surface area contributed by atoms with Gasteiger partial charge in [0.25, 0.3) is 22.2 Å². The lowest BCUT2D eigenvalue weighted by Crippen LogP contribution is -2.19. The summed E-state index contributed by atoms with van der Waals surface area (Å²) < 4.78 is 7.02. The molecule has 23 aromatic rings. The van der Waals surface area contributed by atoms with E-state index in [9.17, 15) is 19.2 Å². The number of hydrogen-bond acceptors (Lipinski definition) is 8. The molecule has 0 radical (unpaired) electrons. The molecular weight excluding hydrogens is 1110 g/mol. The Morgan fingerprint density at radius 3 is 0.611 bits per heavy atom. The van der Waals surface area contributed by atoms with E-state index < -0.39 is 0 Å². The monoisotopic (exact) mass is 1150 g/mol. The molecule has 0 saturated heterocycles. The molecule has 0 saturated carbocycles. The molecule has 23 rings (SSSR count). The molecule has 8 heterocycles. The van der Waals surface area contributed by atoms with E-state index >= 15 is 0 Å². The smallest absolute Gasteiger partial charge is 0.264 e. The van der Waals surface area contributed by atoms with Gasteiger partial charge in [-0.15, -0.1) is 0 Å². The van der Waals surface area contributed by atoms with Crippen LogP contribution in [0.1, 0.15) is 0 Å². The molecule has 8 aromatic heterocycles. The number of benzene rings is 15. The van der Waals surface area contributed by atoms with Crippen molar-refractivity contribution in [2.75, 3.05) is 0 Å². The summed E-state index contributed by atoms with van der Waals surface area (Å²) in [6, 6.07) is 72.7. The van der Waals surface area contributed by atoms with E-state index in [2.05, 4.69) is 60.7 Å². The molecule has 0 aliphatic heterocycles. The molecule has 0 atom stereocenters. The van der Waals surface area contributed by atoms with Gasteiger partial charge in [-0.3, -0.25) is 36.8 Å². The highest BCUT2D eigenvalue weighted by Gasteiger charge is 2.26. The Morgan fingerprint density at radius 1 is 0.189 bits per heavy atom. The molecule has 412 valence electrons. The van der Waals surface area contributed by atoms with E-state index in [1.807, 2.05) is 158 Å². The topological polar surface area (TPSA) is 137 Å². The molecule has 0 aliphatic rings. The Bertz CT molecular complexity index is 7090. The zero-order chi connectivity index (χ0) is 58.8. The van der Waals surface area contributed by atoms with Crippen LogP contribution in [0.25, 0.3) is 207 Å². The summed E-state index contributed by atoms with van der Waals surface area (Å²) in [6.45, 7) is 0. The average Bonchev–Trinajstić information content (AvgIpc) is 0.696. The van der Waals surface area contributed by atoms with Crippen molar-refractivity contribution in [3.8, 4) is 0 Å². The van der Waals surface area contributed by atoms with Crippen molar-refractivity contribution in [3.63, 3.8) is 0 Å². The fraction of sp³-hybridized carbons (Fsp3) is 0. The standard InChI is InChI=1S/C44H20N4O2.C34H16N4O2/c49-43-29-19-15-25-24-14-18-28-40-30(44(50)48-34-12-4-8-22-6-2-10-32(36(22)34)46-42(28)48)20-16-26(38(24)40)23-13-17-27(39(29)37(23)25)41-45-31-9-1-5-21-7-3-11-33(35(21)31)47(41)43;39-33-21-16-14-20-30-22(34(40)38-26-12-4-8-18-6-2-10-24(28(18)26)36-32(20)38)15-13-19(29(21)30)31-35-23-9-1-5-17-7-3-11-25(27(17)23)37(31)33/h1-20H;1-16H. The van der Waals surface area contributed by atoms with Crippen LogP contribution in [0.2, 0.25) is 0 Å². The third-order valence-electron chi connectivity index (χ3n) is 19.9. The number of aromatic nitrogens is 8. The van der Waals surface area contributed by atoms with Crippen molar-refractivity contribution >= 4 is 207 Å². The summed E-state index contributed by atoms with van der Waals surface area (Å²) in [5, 5.41) is 23.8. The lowest BCUT2D eigenvalue weighted by molar-refractivity contribution is 1.14. The van der Waals surface area contributed by atoms with Crippen LogP contribution in [0.5, 0.6) is 0 Å². The van der Waals surface area contributed by atoms with Crippen molar-refractivity contribution in [2.45, 2.75) is 0 Å². The zero-order valence-electron chi connectivity index (χ0n) is 47.0. The second-order valence-corrected chi connectivity index (χ2v) is 24.1. The molecule has 0 amide bonds. The van der Waals surface area contributed by atoms with E-state index in [-0.39, 0.29) is 22.2 Å². The van der Waals surface area contributed by atoms with E-state index in [1.165, 1.54) is 0 Å². The third kappa shape index (κ3) is 5.43. The van der Waals surface area contributed by atoms with Gasteiger partial charge in [0.05, 0.1) is 44.1 Å². The van der Waals surface area contributed by atoms with E-state index in [0.717, 1.165) is 163 Å². The number of hydrogen-bond donors (Lipinski definition) is 0. The van der Waals surface area contributed by atoms with Crippen LogP contribution in [0.4, 0.5) is 0 Å². The molecule has 12 heteroatoms. The number of rotatable bonds is 0. The number of pyridine rings is 4. The summed E-state index contributed by atoms with van der Waals surface area (Å²) in [7, 11) is 0. The minimum absolute atomic E-state index is 0.0747. The minimum atomic E-state index is -0.146. The van der Waals surface area contributed by atoms with Crippen molar-refractivity contribution in [1.29, 1.82) is 0 Å². The summed E-state index contributed by atoms with van der Waals surface area (Å²) in [6.07, 6.45) is 0. The van der Waals surface area contributed by atoms with Crippen molar-refractivity contribution < 1.29 is 0 Å². The predicted octanol–water partition coefficient (Wildman–Crippen LogP) is 16.2. The SMILES string of the molecule is O=c1c2ccc3c4c(ccc(c24)c2nc4cccc5cccc(c54)n12)c(=O)n1c2cccc4cccc(nc31)c42.O=c1c2ccc3c4ccc5c6c(ccc(c7ccc(c2c37)c2nc3cccc7cccc(c73)n12)c46)c(=O)n1c2cccc3cccc(nc51)c32. The first kappa shape index (κ1) is 46.7. The minimum Gasteiger partial charge on any atom is -0.268 e. The highest BCUT2D eigenvalue weighted by Crippen LogP contribution is 2.47. The van der Waals surface area contributed by atoms with Crippen LogP contribution in [0.15, 0.2) is 238 Å². The molecule has 0 unspecified atom stereocenters. The van der Waals surface area contributed by atoms with Gasteiger partial charge in [0.15, 0.2) is 0 Å². The molecule has 0 N–H and O–H groups in total. The Morgan fingerprint density at radius 2 is 0.378 bits per heavy atom. The normalized spacial score (nSPS) is 12.8. The lowest BCUT2D eigenvalue weighted by atomic mass is 9.86. The summed E-state index contributed by atoms with van der Waals surface area (Å²) >= 11 is 0. The maximum absolute atomic E-state index is 14.5. The highest BCUT2D eigenvalue weighted by atomic mass is 16.1. The second kappa shape index (κ2) is 15.9. The Hall–Kier alpha value is -12.5. The summed E-state index contributed by atoms with van der Waals surface area (Å²) in [5.41, 5.74) is 8.82. The van der Waals surface area contributed by atoms with Crippen LogP contribution in [0.3, 0.4) is 0 Å². The van der Waals surface area contributed by atoms with Gasteiger partial charge in [-0.1, -0.05) is 121 Å². The van der Waals surface area contributed by atoms with Gasteiger partial charge in [0, 0.05) is 86.2 Å². The van der Waals surface area contributed by atoms with Crippen LogP contribution in [-0.4, -0.2) is 37.5 Å². The van der Waals surface area contributed by atoms with Crippen molar-refractivity contribution in [2.24, 2.45) is 0 Å². The molecular formula is C78H36N8O4. The Kier molecular flexibility index (Phi) is 8.25. The lowest BCUT2D eigenvalue weighted by Gasteiger charge is -2.20. The summed E-state index contributed by atoms with van der Waals surface area (Å²) in [4.78, 5) is 77.7. The highest BCUT2D eigenvalue weighted by molar-refractivity contribution is 6.41. The fourth-order valence-electron chi connectivity index (χ4n) is 16.3. The third-order valence-corrected chi connectivity index (χ3v) is 19.9. The fourth-order valence-corrected chi connectivity index (χ4v) is 16.3. The van der Waals surface area contributed by atoms with Crippen LogP contribution < -0.4 is 22.2 Å². The van der Waals surface area contributed by atoms with E-state index in [4.69, 9.17) is 19.9 Å². The molecule has 0 fully saturated rings. The van der Waals surface area contributed by atoms with Crippen LogP contribution >= 0.6 is 0 Å². The molecule has 0 bridgehead atoms. The van der Waals surface area contributed by atoms with Crippen LogP contribution in [-0.2, 0) is 0 Å². The number of fused-ring (bicyclic) bond motifs is 14. The van der Waals surface area contributed by atoms with Gasteiger partial charge in [-0.05, 0) is 151 Å². The maximum Gasteiger partial charge on any atom is 0.264 e. The van der Waals surface area contributed by atoms with Gasteiger partial charge in [-0.25, -0.2) is 19.9 Å². The van der Waals surface area contributed by atoms with Gasteiger partial charge in [0.2, 0.25) is 0 Å². The van der Waals surface area contributed by atoms with Gasteiger partial charge >= 0.3 is 0 Å². The van der Waals surface area contributed by atoms with E-state index in [0.29, 0.717) is 44.1 Å².